The second-order valence-electron chi connectivity index (χ2n) is 9.47. The number of rotatable bonds is 3. The summed E-state index contributed by atoms with van der Waals surface area (Å²) in [5, 5.41) is 4.39. The first kappa shape index (κ1) is 20.9. The van der Waals surface area contributed by atoms with Crippen LogP contribution in [0.5, 0.6) is 0 Å². The molecule has 0 aliphatic carbocycles. The van der Waals surface area contributed by atoms with Gasteiger partial charge in [0.1, 0.15) is 22.3 Å². The van der Waals surface area contributed by atoms with Gasteiger partial charge in [-0.25, -0.2) is 0 Å². The van der Waals surface area contributed by atoms with Crippen molar-refractivity contribution >= 4 is 43.9 Å². The van der Waals surface area contributed by atoms with Crippen LogP contribution >= 0.6 is 0 Å². The van der Waals surface area contributed by atoms with Crippen LogP contribution in [0.15, 0.2) is 131 Å². The molecule has 0 fully saturated rings. The highest BCUT2D eigenvalue weighted by Crippen LogP contribution is 2.40. The molecule has 0 spiro atoms. The molecule has 4 aromatic heterocycles. The Morgan fingerprint density at radius 3 is 1.37 bits per heavy atom. The molecule has 0 saturated carbocycles. The smallest absolute Gasteiger partial charge is 0.143 e. The fourth-order valence-corrected chi connectivity index (χ4v) is 5.45. The summed E-state index contributed by atoms with van der Waals surface area (Å²) in [6.45, 7) is 0. The fourth-order valence-electron chi connectivity index (χ4n) is 5.45. The molecule has 4 nitrogen and oxygen atoms in total. The van der Waals surface area contributed by atoms with Crippen LogP contribution in [0, 0.1) is 0 Å². The van der Waals surface area contributed by atoms with Gasteiger partial charge in [0, 0.05) is 68.6 Å². The Hall–Kier alpha value is -5.22. The van der Waals surface area contributed by atoms with E-state index in [0.29, 0.717) is 0 Å². The van der Waals surface area contributed by atoms with Gasteiger partial charge in [-0.15, -0.1) is 0 Å². The summed E-state index contributed by atoms with van der Waals surface area (Å²) in [6, 6.07) is 33.4. The Bertz CT molecular complexity index is 1970. The fraction of sp³-hybridized carbons (Fsp3) is 0. The average Bonchev–Trinajstić information content (AvgIpc) is 3.55. The minimum absolute atomic E-state index is 0.871. The van der Waals surface area contributed by atoms with Crippen molar-refractivity contribution in [1.29, 1.82) is 0 Å². The van der Waals surface area contributed by atoms with Crippen LogP contribution in [0.2, 0.25) is 0 Å². The van der Waals surface area contributed by atoms with Crippen LogP contribution in [0.4, 0.5) is 0 Å². The zero-order valence-corrected chi connectivity index (χ0v) is 20.3. The van der Waals surface area contributed by atoms with Gasteiger partial charge < -0.3 is 8.83 Å². The summed E-state index contributed by atoms with van der Waals surface area (Å²) in [6.07, 6.45) is 7.32. The third-order valence-corrected chi connectivity index (χ3v) is 7.27. The Labute approximate surface area is 217 Å². The van der Waals surface area contributed by atoms with Gasteiger partial charge in [0.25, 0.3) is 0 Å². The first-order valence-electron chi connectivity index (χ1n) is 12.6. The molecule has 0 atom stereocenters. The van der Waals surface area contributed by atoms with Crippen molar-refractivity contribution in [2.45, 2.75) is 0 Å². The first-order valence-corrected chi connectivity index (χ1v) is 12.6. The lowest BCUT2D eigenvalue weighted by Crippen LogP contribution is -1.80. The second-order valence-corrected chi connectivity index (χ2v) is 9.47. The maximum absolute atomic E-state index is 6.35. The van der Waals surface area contributed by atoms with Crippen LogP contribution in [0.3, 0.4) is 0 Å². The molecule has 8 aromatic rings. The molecule has 0 unspecified atom stereocenters. The minimum Gasteiger partial charge on any atom is -0.455 e. The Morgan fingerprint density at radius 2 is 0.921 bits per heavy atom. The number of para-hydroxylation sites is 2. The van der Waals surface area contributed by atoms with E-state index in [1.54, 1.807) is 12.4 Å². The van der Waals surface area contributed by atoms with Crippen molar-refractivity contribution in [3.63, 3.8) is 0 Å². The topological polar surface area (TPSA) is 52.1 Å². The number of hydrogen-bond donors (Lipinski definition) is 0. The van der Waals surface area contributed by atoms with Crippen LogP contribution in [-0.2, 0) is 0 Å². The summed E-state index contributed by atoms with van der Waals surface area (Å²) in [5.41, 5.74) is 9.94. The zero-order valence-electron chi connectivity index (χ0n) is 20.3. The lowest BCUT2D eigenvalue weighted by atomic mass is 9.99. The molecule has 178 valence electrons. The largest absolute Gasteiger partial charge is 0.455 e. The summed E-state index contributed by atoms with van der Waals surface area (Å²) in [7, 11) is 0. The third kappa shape index (κ3) is 3.17. The molecule has 4 heterocycles. The molecule has 0 aliphatic rings. The molecule has 8 rings (SSSR count). The predicted molar refractivity (Wildman–Crippen MR) is 153 cm³/mol. The predicted octanol–water partition coefficient (Wildman–Crippen LogP) is 9.28. The molecule has 0 aliphatic heterocycles. The Kier molecular flexibility index (Phi) is 4.49. The summed E-state index contributed by atoms with van der Waals surface area (Å²) < 4.78 is 12.7. The highest BCUT2D eigenvalue weighted by Gasteiger charge is 2.15. The molecule has 4 heteroatoms. The van der Waals surface area contributed by atoms with Crippen LogP contribution in [0.25, 0.3) is 77.3 Å². The van der Waals surface area contributed by atoms with Gasteiger partial charge in [0.05, 0.1) is 0 Å². The monoisotopic (exact) mass is 488 g/mol. The SMILES string of the molecule is c1cncc(-c2cccc3c2oc2ccc(-c4ccc5oc6c(-c7cccnc7)cccc6c5c4)cc23)c1. The van der Waals surface area contributed by atoms with Crippen molar-refractivity contribution in [3.8, 4) is 33.4 Å². The molecule has 4 aromatic carbocycles. The van der Waals surface area contributed by atoms with Crippen molar-refractivity contribution < 1.29 is 8.83 Å². The third-order valence-electron chi connectivity index (χ3n) is 7.27. The molecular formula is C34H20N2O2. The van der Waals surface area contributed by atoms with E-state index in [1.165, 1.54) is 0 Å². The van der Waals surface area contributed by atoms with E-state index < -0.39 is 0 Å². The van der Waals surface area contributed by atoms with E-state index in [-0.39, 0.29) is 0 Å². The van der Waals surface area contributed by atoms with E-state index in [0.717, 1.165) is 77.3 Å². The lowest BCUT2D eigenvalue weighted by molar-refractivity contribution is 0.669. The maximum Gasteiger partial charge on any atom is 0.143 e. The normalized spacial score (nSPS) is 11.7. The minimum atomic E-state index is 0.871. The quantitative estimate of drug-likeness (QED) is 0.249. The number of nitrogens with zero attached hydrogens (tertiary/aromatic N) is 2. The van der Waals surface area contributed by atoms with Gasteiger partial charge in [-0.3, -0.25) is 9.97 Å². The van der Waals surface area contributed by atoms with Crippen LogP contribution in [0.1, 0.15) is 0 Å². The van der Waals surface area contributed by atoms with Crippen molar-refractivity contribution in [3.05, 3.63) is 122 Å². The van der Waals surface area contributed by atoms with Crippen LogP contribution < -0.4 is 0 Å². The highest BCUT2D eigenvalue weighted by molar-refractivity contribution is 6.12. The molecule has 0 amide bonds. The van der Waals surface area contributed by atoms with Gasteiger partial charge in [-0.2, -0.15) is 0 Å². The molecular weight excluding hydrogens is 468 g/mol. The van der Waals surface area contributed by atoms with E-state index >= 15 is 0 Å². The van der Waals surface area contributed by atoms with Gasteiger partial charge in [0.2, 0.25) is 0 Å². The molecule has 0 saturated heterocycles. The summed E-state index contributed by atoms with van der Waals surface area (Å²) in [4.78, 5) is 8.58. The molecule has 0 radical (unpaired) electrons. The maximum atomic E-state index is 6.35. The van der Waals surface area contributed by atoms with Crippen LogP contribution in [-0.4, -0.2) is 9.97 Å². The number of pyridine rings is 2. The van der Waals surface area contributed by atoms with Gasteiger partial charge in [0.15, 0.2) is 0 Å². The molecule has 0 N–H and O–H groups in total. The van der Waals surface area contributed by atoms with Crippen molar-refractivity contribution in [2.24, 2.45) is 0 Å². The zero-order chi connectivity index (χ0) is 25.1. The van der Waals surface area contributed by atoms with E-state index in [1.807, 2.05) is 24.5 Å². The van der Waals surface area contributed by atoms with E-state index in [9.17, 15) is 0 Å². The second kappa shape index (κ2) is 8.15. The van der Waals surface area contributed by atoms with Gasteiger partial charge in [-0.1, -0.05) is 60.7 Å². The van der Waals surface area contributed by atoms with Gasteiger partial charge in [-0.05, 0) is 47.5 Å². The van der Waals surface area contributed by atoms with E-state index in [2.05, 4.69) is 94.9 Å². The summed E-state index contributed by atoms with van der Waals surface area (Å²) >= 11 is 0. The highest BCUT2D eigenvalue weighted by atomic mass is 16.3. The summed E-state index contributed by atoms with van der Waals surface area (Å²) in [5.74, 6) is 0. The van der Waals surface area contributed by atoms with Crippen molar-refractivity contribution in [2.75, 3.05) is 0 Å². The Morgan fingerprint density at radius 1 is 0.421 bits per heavy atom. The number of furan rings is 2. The average molecular weight is 489 g/mol. The standard InChI is InChI=1S/C34H20N2O2/c1-7-25(23-5-3-15-35-19-23)33-27(9-1)29-17-21(11-13-31(29)37-33)22-12-14-32-30(18-22)28-10-2-8-26(34(28)38-32)24-6-4-16-36-20-24/h1-20H. The lowest BCUT2D eigenvalue weighted by Gasteiger charge is -2.03. The first-order chi connectivity index (χ1) is 18.8. The van der Waals surface area contributed by atoms with E-state index in [4.69, 9.17) is 8.83 Å². The number of benzene rings is 4. The molecule has 38 heavy (non-hydrogen) atoms. The molecule has 0 bridgehead atoms. The number of fused-ring (bicyclic) bond motifs is 6. The Balaban J connectivity index is 1.29. The number of aromatic nitrogens is 2. The van der Waals surface area contributed by atoms with Gasteiger partial charge >= 0.3 is 0 Å². The van der Waals surface area contributed by atoms with Crippen molar-refractivity contribution in [1.82, 2.24) is 9.97 Å². The number of hydrogen-bond acceptors (Lipinski definition) is 4.